The first-order valence-corrected chi connectivity index (χ1v) is 6.78. The molecule has 0 aliphatic carbocycles. The first-order chi connectivity index (χ1) is 10.8. The highest BCUT2D eigenvalue weighted by Gasteiger charge is 2.31. The molecular weight excluding hydrogens is 334 g/mol. The fraction of sp³-hybridized carbons (Fsp3) is 0.0667. The van der Waals surface area contributed by atoms with Crippen LogP contribution in [-0.4, -0.2) is 15.0 Å². The van der Waals surface area contributed by atoms with Crippen molar-refractivity contribution in [2.75, 3.05) is 0 Å². The van der Waals surface area contributed by atoms with Crippen molar-refractivity contribution in [2.24, 2.45) is 0 Å². The van der Waals surface area contributed by atoms with Gasteiger partial charge in [0.05, 0.1) is 11.8 Å². The molecule has 0 N–H and O–H groups in total. The number of hydrogen-bond acceptors (Lipinski definition) is 2. The summed E-state index contributed by atoms with van der Waals surface area (Å²) >= 11 is 5.79. The smallest absolute Gasteiger partial charge is 0.217 e. The molecule has 0 saturated heterocycles. The summed E-state index contributed by atoms with van der Waals surface area (Å²) in [5.74, 6) is -1.03. The summed E-state index contributed by atoms with van der Waals surface area (Å²) < 4.78 is 52.7. The van der Waals surface area contributed by atoms with Crippen LogP contribution in [0.15, 0.2) is 48.7 Å². The number of benzene rings is 2. The van der Waals surface area contributed by atoms with E-state index in [1.54, 1.807) is 24.3 Å². The molecule has 3 nitrogen and oxygen atoms in total. The Morgan fingerprint density at radius 3 is 2.30 bits per heavy atom. The van der Waals surface area contributed by atoms with Gasteiger partial charge in [0, 0.05) is 10.6 Å². The molecule has 0 atom stereocenters. The summed E-state index contributed by atoms with van der Waals surface area (Å²) in [5.41, 5.74) is -0.0311. The number of nitrogens with zero attached hydrogens (tertiary/aromatic N) is 3. The minimum atomic E-state index is -4.60. The van der Waals surface area contributed by atoms with Gasteiger partial charge in [-0.3, -0.25) is 0 Å². The van der Waals surface area contributed by atoms with Gasteiger partial charge in [-0.05, 0) is 30.3 Å². The standard InChI is InChI=1S/C15H8ClF4N3/c16-11-4-1-9(2-5-11)13-8-23(22-21-13)14-6-3-10(7-12(14)17)15(18,19)20/h1-8H. The second-order valence-electron chi connectivity index (χ2n) is 4.72. The van der Waals surface area contributed by atoms with Crippen LogP contribution < -0.4 is 0 Å². The average Bonchev–Trinajstić information content (AvgIpc) is 2.96. The SMILES string of the molecule is Fc1cc(C(F)(F)F)ccc1-n1cc(-c2ccc(Cl)cc2)nn1. The molecule has 0 amide bonds. The van der Waals surface area contributed by atoms with Crippen molar-refractivity contribution in [3.8, 4) is 16.9 Å². The molecule has 3 rings (SSSR count). The summed E-state index contributed by atoms with van der Waals surface area (Å²) in [6, 6.07) is 8.97. The van der Waals surface area contributed by atoms with E-state index in [2.05, 4.69) is 10.3 Å². The Labute approximate surface area is 133 Å². The maximum atomic E-state index is 13.9. The predicted octanol–water partition coefficient (Wildman–Crippen LogP) is 4.75. The number of halogens is 5. The molecule has 0 spiro atoms. The average molecular weight is 342 g/mol. The molecule has 0 fully saturated rings. The molecule has 1 heterocycles. The molecule has 0 aliphatic rings. The van der Waals surface area contributed by atoms with E-state index in [1.165, 1.54) is 6.20 Å². The Kier molecular flexibility index (Phi) is 3.81. The zero-order valence-corrected chi connectivity index (χ0v) is 12.1. The Balaban J connectivity index is 1.96. The molecule has 1 aromatic heterocycles. The highest BCUT2D eigenvalue weighted by Crippen LogP contribution is 2.31. The fourth-order valence-electron chi connectivity index (χ4n) is 2.00. The Morgan fingerprint density at radius 2 is 1.70 bits per heavy atom. The van der Waals surface area contributed by atoms with E-state index in [0.717, 1.165) is 16.8 Å². The minimum absolute atomic E-state index is 0.120. The molecule has 0 radical (unpaired) electrons. The van der Waals surface area contributed by atoms with E-state index in [4.69, 9.17) is 11.6 Å². The van der Waals surface area contributed by atoms with E-state index in [-0.39, 0.29) is 5.69 Å². The van der Waals surface area contributed by atoms with Gasteiger partial charge >= 0.3 is 6.18 Å². The number of hydrogen-bond donors (Lipinski definition) is 0. The molecule has 0 saturated carbocycles. The fourth-order valence-corrected chi connectivity index (χ4v) is 2.13. The summed E-state index contributed by atoms with van der Waals surface area (Å²) in [6.07, 6.45) is -3.18. The van der Waals surface area contributed by atoms with Gasteiger partial charge in [0.1, 0.15) is 17.2 Å². The van der Waals surface area contributed by atoms with E-state index >= 15 is 0 Å². The zero-order valence-electron chi connectivity index (χ0n) is 11.4. The first-order valence-electron chi connectivity index (χ1n) is 6.40. The lowest BCUT2D eigenvalue weighted by atomic mass is 10.1. The molecule has 2 aromatic carbocycles. The predicted molar refractivity (Wildman–Crippen MR) is 76.8 cm³/mol. The van der Waals surface area contributed by atoms with Gasteiger partial charge in [-0.1, -0.05) is 28.9 Å². The highest BCUT2D eigenvalue weighted by molar-refractivity contribution is 6.30. The van der Waals surface area contributed by atoms with Gasteiger partial charge in [-0.25, -0.2) is 9.07 Å². The lowest BCUT2D eigenvalue weighted by Crippen LogP contribution is -2.07. The van der Waals surface area contributed by atoms with Crippen LogP contribution in [0.2, 0.25) is 5.02 Å². The number of rotatable bonds is 2. The third-order valence-electron chi connectivity index (χ3n) is 3.16. The van der Waals surface area contributed by atoms with Crippen molar-refractivity contribution in [3.63, 3.8) is 0 Å². The first kappa shape index (κ1) is 15.5. The van der Waals surface area contributed by atoms with E-state index in [0.29, 0.717) is 22.3 Å². The second kappa shape index (κ2) is 5.66. The summed E-state index contributed by atoms with van der Waals surface area (Å²) in [5, 5.41) is 8.19. The van der Waals surface area contributed by atoms with Crippen molar-refractivity contribution < 1.29 is 17.6 Å². The second-order valence-corrected chi connectivity index (χ2v) is 5.16. The van der Waals surface area contributed by atoms with Crippen molar-refractivity contribution in [1.82, 2.24) is 15.0 Å². The van der Waals surface area contributed by atoms with Crippen LogP contribution in [0.3, 0.4) is 0 Å². The number of aromatic nitrogens is 3. The Hall–Kier alpha value is -2.41. The molecule has 3 aromatic rings. The van der Waals surface area contributed by atoms with Crippen molar-refractivity contribution in [1.29, 1.82) is 0 Å². The maximum Gasteiger partial charge on any atom is 0.416 e. The Morgan fingerprint density at radius 1 is 1.00 bits per heavy atom. The lowest BCUT2D eigenvalue weighted by Gasteiger charge is -2.08. The minimum Gasteiger partial charge on any atom is -0.217 e. The van der Waals surface area contributed by atoms with Crippen LogP contribution in [-0.2, 0) is 6.18 Å². The molecule has 8 heteroatoms. The van der Waals surface area contributed by atoms with E-state index < -0.39 is 17.6 Å². The lowest BCUT2D eigenvalue weighted by molar-refractivity contribution is -0.137. The van der Waals surface area contributed by atoms with Crippen LogP contribution >= 0.6 is 11.6 Å². The third kappa shape index (κ3) is 3.19. The van der Waals surface area contributed by atoms with Crippen LogP contribution in [0.25, 0.3) is 16.9 Å². The zero-order chi connectivity index (χ0) is 16.6. The van der Waals surface area contributed by atoms with Crippen LogP contribution in [0.5, 0.6) is 0 Å². The largest absolute Gasteiger partial charge is 0.416 e. The van der Waals surface area contributed by atoms with Crippen molar-refractivity contribution >= 4 is 11.6 Å². The molecule has 0 unspecified atom stereocenters. The van der Waals surface area contributed by atoms with Gasteiger partial charge in [0.2, 0.25) is 0 Å². The quantitative estimate of drug-likeness (QED) is 0.630. The highest BCUT2D eigenvalue weighted by atomic mass is 35.5. The number of alkyl halides is 3. The van der Waals surface area contributed by atoms with Crippen LogP contribution in [0.1, 0.15) is 5.56 Å². The van der Waals surface area contributed by atoms with Crippen LogP contribution in [0.4, 0.5) is 17.6 Å². The van der Waals surface area contributed by atoms with Crippen molar-refractivity contribution in [2.45, 2.75) is 6.18 Å². The maximum absolute atomic E-state index is 13.9. The molecular formula is C15H8ClF4N3. The van der Waals surface area contributed by atoms with E-state index in [1.807, 2.05) is 0 Å². The summed E-state index contributed by atoms with van der Waals surface area (Å²) in [4.78, 5) is 0. The monoisotopic (exact) mass is 341 g/mol. The van der Waals surface area contributed by atoms with Crippen LogP contribution in [0, 0.1) is 5.82 Å². The van der Waals surface area contributed by atoms with Gasteiger partial charge in [0.15, 0.2) is 0 Å². The summed E-state index contributed by atoms with van der Waals surface area (Å²) in [7, 11) is 0. The Bertz CT molecular complexity index is 841. The topological polar surface area (TPSA) is 30.7 Å². The van der Waals surface area contributed by atoms with Gasteiger partial charge in [-0.15, -0.1) is 5.10 Å². The molecule has 0 bridgehead atoms. The van der Waals surface area contributed by atoms with Crippen molar-refractivity contribution in [3.05, 3.63) is 65.1 Å². The summed E-state index contributed by atoms with van der Waals surface area (Å²) in [6.45, 7) is 0. The normalized spacial score (nSPS) is 11.7. The van der Waals surface area contributed by atoms with Gasteiger partial charge in [0.25, 0.3) is 0 Å². The van der Waals surface area contributed by atoms with E-state index in [9.17, 15) is 17.6 Å². The van der Waals surface area contributed by atoms with Gasteiger partial charge in [-0.2, -0.15) is 13.2 Å². The third-order valence-corrected chi connectivity index (χ3v) is 3.41. The van der Waals surface area contributed by atoms with Gasteiger partial charge < -0.3 is 0 Å². The molecule has 118 valence electrons. The molecule has 0 aliphatic heterocycles. The molecule has 23 heavy (non-hydrogen) atoms.